The molecule has 0 spiro atoms. The second-order valence-corrected chi connectivity index (χ2v) is 4.62. The first-order valence-corrected chi connectivity index (χ1v) is 5.92. The summed E-state index contributed by atoms with van der Waals surface area (Å²) in [5.74, 6) is 0.762. The molecule has 15 heavy (non-hydrogen) atoms. The van der Waals surface area contributed by atoms with Crippen molar-refractivity contribution in [1.82, 2.24) is 15.1 Å². The number of fused-ring (bicyclic) bond motifs is 1. The molecule has 3 rings (SSSR count). The van der Waals surface area contributed by atoms with E-state index in [2.05, 4.69) is 15.1 Å². The lowest BCUT2D eigenvalue weighted by atomic mass is 10.1. The molecule has 0 amide bonds. The van der Waals surface area contributed by atoms with Crippen molar-refractivity contribution in [2.24, 2.45) is 0 Å². The molecule has 1 fully saturated rings. The van der Waals surface area contributed by atoms with E-state index in [9.17, 15) is 0 Å². The predicted molar refractivity (Wildman–Crippen MR) is 59.6 cm³/mol. The van der Waals surface area contributed by atoms with Crippen LogP contribution in [0.1, 0.15) is 43.0 Å². The van der Waals surface area contributed by atoms with Crippen molar-refractivity contribution in [2.45, 2.75) is 44.7 Å². The topological polar surface area (TPSA) is 55.9 Å². The Bertz CT molecular complexity index is 363. The van der Waals surface area contributed by atoms with Gasteiger partial charge in [-0.1, -0.05) is 12.8 Å². The Balaban J connectivity index is 1.99. The zero-order valence-corrected chi connectivity index (χ0v) is 9.00. The average Bonchev–Trinajstić information content (AvgIpc) is 2.87. The summed E-state index contributed by atoms with van der Waals surface area (Å²) < 4.78 is 2.20. The monoisotopic (exact) mass is 206 g/mol. The number of rotatable bonds is 1. The average molecular weight is 206 g/mol. The van der Waals surface area contributed by atoms with Crippen molar-refractivity contribution >= 4 is 5.82 Å². The number of nitrogens with zero attached hydrogens (tertiary/aromatic N) is 2. The minimum atomic E-state index is 0.607. The van der Waals surface area contributed by atoms with Crippen LogP contribution in [0.3, 0.4) is 0 Å². The Labute approximate surface area is 89.8 Å². The highest BCUT2D eigenvalue weighted by molar-refractivity contribution is 5.44. The van der Waals surface area contributed by atoms with E-state index >= 15 is 0 Å². The van der Waals surface area contributed by atoms with E-state index in [1.807, 2.05) is 0 Å². The molecule has 1 aliphatic carbocycles. The van der Waals surface area contributed by atoms with E-state index in [0.717, 1.165) is 25.3 Å². The minimum Gasteiger partial charge on any atom is -0.382 e. The maximum atomic E-state index is 5.97. The van der Waals surface area contributed by atoms with Crippen LogP contribution >= 0.6 is 0 Å². The van der Waals surface area contributed by atoms with Gasteiger partial charge < -0.3 is 11.1 Å². The van der Waals surface area contributed by atoms with Gasteiger partial charge in [-0.3, -0.25) is 4.68 Å². The Morgan fingerprint density at radius 2 is 2.13 bits per heavy atom. The Morgan fingerprint density at radius 1 is 1.33 bits per heavy atom. The van der Waals surface area contributed by atoms with E-state index in [1.54, 1.807) is 0 Å². The highest BCUT2D eigenvalue weighted by Crippen LogP contribution is 2.33. The normalized spacial score (nSPS) is 21.9. The number of nitrogens with one attached hydrogen (secondary N) is 1. The maximum absolute atomic E-state index is 5.97. The third-order valence-corrected chi connectivity index (χ3v) is 3.66. The fourth-order valence-corrected chi connectivity index (χ4v) is 2.85. The van der Waals surface area contributed by atoms with E-state index in [0.29, 0.717) is 6.04 Å². The van der Waals surface area contributed by atoms with Crippen molar-refractivity contribution in [2.75, 3.05) is 12.3 Å². The van der Waals surface area contributed by atoms with Gasteiger partial charge in [0.1, 0.15) is 5.82 Å². The minimum absolute atomic E-state index is 0.607. The SMILES string of the molecule is Nc1nn(C2CCCC2)c2c1CCNC2. The zero-order valence-electron chi connectivity index (χ0n) is 9.00. The summed E-state index contributed by atoms with van der Waals surface area (Å²) in [6.45, 7) is 1.98. The van der Waals surface area contributed by atoms with Crippen LogP contribution in [0.25, 0.3) is 0 Å². The summed E-state index contributed by atoms with van der Waals surface area (Å²) in [5, 5.41) is 7.93. The van der Waals surface area contributed by atoms with Crippen LogP contribution in [0, 0.1) is 0 Å². The van der Waals surface area contributed by atoms with E-state index in [-0.39, 0.29) is 0 Å². The van der Waals surface area contributed by atoms with Gasteiger partial charge in [0, 0.05) is 12.1 Å². The second-order valence-electron chi connectivity index (χ2n) is 4.62. The van der Waals surface area contributed by atoms with Crippen molar-refractivity contribution in [3.63, 3.8) is 0 Å². The molecular weight excluding hydrogens is 188 g/mol. The molecule has 0 unspecified atom stereocenters. The maximum Gasteiger partial charge on any atom is 0.149 e. The van der Waals surface area contributed by atoms with E-state index in [1.165, 1.54) is 36.9 Å². The molecule has 1 saturated carbocycles. The van der Waals surface area contributed by atoms with Crippen molar-refractivity contribution in [3.05, 3.63) is 11.3 Å². The molecule has 4 heteroatoms. The van der Waals surface area contributed by atoms with Gasteiger partial charge in [0.05, 0.1) is 11.7 Å². The number of anilines is 1. The fraction of sp³-hybridized carbons (Fsp3) is 0.727. The number of hydrogen-bond donors (Lipinski definition) is 2. The zero-order chi connectivity index (χ0) is 10.3. The van der Waals surface area contributed by atoms with Gasteiger partial charge in [-0.15, -0.1) is 0 Å². The van der Waals surface area contributed by atoms with Gasteiger partial charge in [0.25, 0.3) is 0 Å². The summed E-state index contributed by atoms with van der Waals surface area (Å²) >= 11 is 0. The highest BCUT2D eigenvalue weighted by Gasteiger charge is 2.25. The van der Waals surface area contributed by atoms with Crippen LogP contribution in [-0.2, 0) is 13.0 Å². The summed E-state index contributed by atoms with van der Waals surface area (Å²) in [5.41, 5.74) is 8.60. The summed E-state index contributed by atoms with van der Waals surface area (Å²) in [6.07, 6.45) is 6.26. The third-order valence-electron chi connectivity index (χ3n) is 3.66. The molecule has 1 aliphatic heterocycles. The van der Waals surface area contributed by atoms with Crippen molar-refractivity contribution in [3.8, 4) is 0 Å². The third kappa shape index (κ3) is 1.44. The molecule has 3 N–H and O–H groups in total. The Kier molecular flexibility index (Phi) is 2.16. The Hall–Kier alpha value is -1.03. The van der Waals surface area contributed by atoms with Gasteiger partial charge >= 0.3 is 0 Å². The first kappa shape index (κ1) is 9.21. The molecule has 0 aromatic carbocycles. The molecule has 0 saturated heterocycles. The molecule has 0 radical (unpaired) electrons. The van der Waals surface area contributed by atoms with Gasteiger partial charge in [0.2, 0.25) is 0 Å². The molecule has 82 valence electrons. The van der Waals surface area contributed by atoms with Gasteiger partial charge in [-0.25, -0.2) is 0 Å². The van der Waals surface area contributed by atoms with Crippen LogP contribution in [0.4, 0.5) is 5.82 Å². The lowest BCUT2D eigenvalue weighted by Crippen LogP contribution is -2.26. The fourth-order valence-electron chi connectivity index (χ4n) is 2.85. The van der Waals surface area contributed by atoms with Gasteiger partial charge in [0.15, 0.2) is 0 Å². The summed E-state index contributed by atoms with van der Waals surface area (Å²) in [4.78, 5) is 0. The standard InChI is InChI=1S/C11H18N4/c12-11-9-5-6-13-7-10(9)15(14-11)8-3-1-2-4-8/h8,13H,1-7H2,(H2,12,14). The lowest BCUT2D eigenvalue weighted by molar-refractivity contribution is 0.437. The van der Waals surface area contributed by atoms with Gasteiger partial charge in [-0.05, 0) is 25.8 Å². The summed E-state index contributed by atoms with van der Waals surface area (Å²) in [7, 11) is 0. The number of nitrogens with two attached hydrogens (primary N) is 1. The van der Waals surface area contributed by atoms with Crippen LogP contribution in [0.15, 0.2) is 0 Å². The molecule has 1 aromatic heterocycles. The Morgan fingerprint density at radius 3 is 2.93 bits per heavy atom. The highest BCUT2D eigenvalue weighted by atomic mass is 15.3. The molecule has 4 nitrogen and oxygen atoms in total. The first-order valence-electron chi connectivity index (χ1n) is 5.92. The van der Waals surface area contributed by atoms with Crippen LogP contribution in [0.5, 0.6) is 0 Å². The number of nitrogen functional groups attached to an aromatic ring is 1. The van der Waals surface area contributed by atoms with Gasteiger partial charge in [-0.2, -0.15) is 5.10 Å². The molecule has 1 aromatic rings. The predicted octanol–water partition coefficient (Wildman–Crippen LogP) is 1.23. The molecular formula is C11H18N4. The van der Waals surface area contributed by atoms with Crippen LogP contribution in [0.2, 0.25) is 0 Å². The van der Waals surface area contributed by atoms with Crippen LogP contribution in [-0.4, -0.2) is 16.3 Å². The van der Waals surface area contributed by atoms with E-state index in [4.69, 9.17) is 5.73 Å². The molecule has 0 bridgehead atoms. The largest absolute Gasteiger partial charge is 0.382 e. The van der Waals surface area contributed by atoms with Crippen molar-refractivity contribution < 1.29 is 0 Å². The quantitative estimate of drug-likeness (QED) is 0.726. The van der Waals surface area contributed by atoms with E-state index < -0.39 is 0 Å². The van der Waals surface area contributed by atoms with Crippen molar-refractivity contribution in [1.29, 1.82) is 0 Å². The molecule has 2 aliphatic rings. The van der Waals surface area contributed by atoms with Crippen LogP contribution < -0.4 is 11.1 Å². The first-order chi connectivity index (χ1) is 7.36. The summed E-state index contributed by atoms with van der Waals surface area (Å²) in [6, 6.07) is 0.607. The molecule has 0 atom stereocenters. The molecule has 2 heterocycles. The number of aromatic nitrogens is 2. The lowest BCUT2D eigenvalue weighted by Gasteiger charge is -2.18. The smallest absolute Gasteiger partial charge is 0.149 e. The number of hydrogen-bond acceptors (Lipinski definition) is 3. The second kappa shape index (κ2) is 3.52.